The van der Waals surface area contributed by atoms with Gasteiger partial charge >= 0.3 is 5.97 Å². The zero-order valence-electron chi connectivity index (χ0n) is 11.8. The zero-order valence-corrected chi connectivity index (χ0v) is 11.8. The average molecular weight is 240 g/mol. The number of carbonyl (C=O) groups excluding carboxylic acids is 2. The molecule has 0 heterocycles. The summed E-state index contributed by atoms with van der Waals surface area (Å²) in [5.41, 5.74) is -1.35. The van der Waals surface area contributed by atoms with Crippen LogP contribution >= 0.6 is 0 Å². The van der Waals surface area contributed by atoms with Crippen LogP contribution in [-0.4, -0.2) is 17.9 Å². The molecule has 0 aromatic carbocycles. The van der Waals surface area contributed by atoms with Crippen LogP contribution in [0.15, 0.2) is 12.7 Å². The Morgan fingerprint density at radius 3 is 2.00 bits per heavy atom. The van der Waals surface area contributed by atoms with Gasteiger partial charge in [-0.2, -0.15) is 0 Å². The molecular weight excluding hydrogens is 216 g/mol. The van der Waals surface area contributed by atoms with Crippen molar-refractivity contribution in [3.63, 3.8) is 0 Å². The number of aldehydes is 1. The summed E-state index contributed by atoms with van der Waals surface area (Å²) in [5.74, 6) is -0.435. The van der Waals surface area contributed by atoms with Gasteiger partial charge < -0.3 is 9.53 Å². The molecule has 0 rings (SSSR count). The predicted molar refractivity (Wildman–Crippen MR) is 68.6 cm³/mol. The Hall–Kier alpha value is -1.12. The molecule has 0 aliphatic carbocycles. The lowest BCUT2D eigenvalue weighted by Crippen LogP contribution is -2.41. The number of hydrogen-bond acceptors (Lipinski definition) is 3. The maximum absolute atomic E-state index is 11.2. The van der Waals surface area contributed by atoms with Crippen LogP contribution in [-0.2, 0) is 14.3 Å². The van der Waals surface area contributed by atoms with Gasteiger partial charge in [-0.15, -0.1) is 0 Å². The van der Waals surface area contributed by atoms with Crippen LogP contribution in [0.3, 0.4) is 0 Å². The first-order chi connectivity index (χ1) is 7.47. The normalized spacial score (nSPS) is 13.1. The van der Waals surface area contributed by atoms with Gasteiger partial charge in [-0.3, -0.25) is 0 Å². The van der Waals surface area contributed by atoms with E-state index in [1.165, 1.54) is 0 Å². The van der Waals surface area contributed by atoms with E-state index in [0.29, 0.717) is 6.42 Å². The standard InChI is InChI=1S/C14H24O3/c1-8-11(16)17-14(6,7)9-12(2,3)13(4,5)10-15/h8,10H,1,9H2,2-7H3. The highest BCUT2D eigenvalue weighted by atomic mass is 16.6. The minimum Gasteiger partial charge on any atom is -0.457 e. The van der Waals surface area contributed by atoms with Gasteiger partial charge in [0.15, 0.2) is 0 Å². The lowest BCUT2D eigenvalue weighted by Gasteiger charge is -2.42. The third-order valence-corrected chi connectivity index (χ3v) is 3.45. The second-order valence-corrected chi connectivity index (χ2v) is 6.29. The molecule has 0 amide bonds. The molecule has 98 valence electrons. The SMILES string of the molecule is C=CC(=O)OC(C)(C)CC(C)(C)C(C)(C)C=O. The van der Waals surface area contributed by atoms with Gasteiger partial charge in [-0.05, 0) is 25.7 Å². The molecular formula is C14H24O3. The molecule has 0 saturated carbocycles. The molecule has 0 saturated heterocycles. The number of ether oxygens (including phenoxy) is 1. The van der Waals surface area contributed by atoms with Crippen molar-refractivity contribution in [1.82, 2.24) is 0 Å². The first kappa shape index (κ1) is 15.9. The van der Waals surface area contributed by atoms with Crippen molar-refractivity contribution in [2.75, 3.05) is 0 Å². The first-order valence-electron chi connectivity index (χ1n) is 5.79. The van der Waals surface area contributed by atoms with Crippen molar-refractivity contribution in [3.05, 3.63) is 12.7 Å². The van der Waals surface area contributed by atoms with E-state index in [9.17, 15) is 9.59 Å². The molecule has 0 aliphatic rings. The summed E-state index contributed by atoms with van der Waals surface area (Å²) >= 11 is 0. The van der Waals surface area contributed by atoms with E-state index in [0.717, 1.165) is 12.4 Å². The largest absolute Gasteiger partial charge is 0.457 e. The van der Waals surface area contributed by atoms with E-state index in [1.54, 1.807) is 0 Å². The summed E-state index contributed by atoms with van der Waals surface area (Å²) in [6, 6.07) is 0. The van der Waals surface area contributed by atoms with Crippen LogP contribution in [0.2, 0.25) is 0 Å². The monoisotopic (exact) mass is 240 g/mol. The van der Waals surface area contributed by atoms with E-state index >= 15 is 0 Å². The van der Waals surface area contributed by atoms with E-state index in [2.05, 4.69) is 6.58 Å². The van der Waals surface area contributed by atoms with Gasteiger partial charge in [0.25, 0.3) is 0 Å². The minimum absolute atomic E-state index is 0.264. The molecule has 0 bridgehead atoms. The van der Waals surface area contributed by atoms with Crippen LogP contribution < -0.4 is 0 Å². The highest BCUT2D eigenvalue weighted by Crippen LogP contribution is 2.43. The number of esters is 1. The Labute approximate surface area is 104 Å². The fourth-order valence-electron chi connectivity index (χ4n) is 1.80. The van der Waals surface area contributed by atoms with Crippen molar-refractivity contribution >= 4 is 12.3 Å². The second kappa shape index (κ2) is 5.03. The highest BCUT2D eigenvalue weighted by molar-refractivity contribution is 5.81. The summed E-state index contributed by atoms with van der Waals surface area (Å²) in [6.45, 7) is 14.9. The molecule has 0 radical (unpaired) electrons. The fraction of sp³-hybridized carbons (Fsp3) is 0.714. The third-order valence-electron chi connectivity index (χ3n) is 3.45. The molecule has 0 spiro atoms. The van der Waals surface area contributed by atoms with Crippen molar-refractivity contribution in [1.29, 1.82) is 0 Å². The van der Waals surface area contributed by atoms with Crippen LogP contribution in [0.25, 0.3) is 0 Å². The van der Waals surface area contributed by atoms with Crippen LogP contribution in [0.4, 0.5) is 0 Å². The molecule has 0 unspecified atom stereocenters. The summed E-state index contributed by atoms with van der Waals surface area (Å²) < 4.78 is 5.29. The Balaban J connectivity index is 4.87. The van der Waals surface area contributed by atoms with Crippen molar-refractivity contribution in [3.8, 4) is 0 Å². The Kier molecular flexibility index (Phi) is 4.70. The Morgan fingerprint density at radius 1 is 1.18 bits per heavy atom. The van der Waals surface area contributed by atoms with Gasteiger partial charge in [0.1, 0.15) is 11.9 Å². The quantitative estimate of drug-likeness (QED) is 0.407. The number of rotatable bonds is 6. The molecule has 0 aromatic rings. The summed E-state index contributed by atoms with van der Waals surface area (Å²) in [7, 11) is 0. The third kappa shape index (κ3) is 4.33. The predicted octanol–water partition coefficient (Wildman–Crippen LogP) is 3.14. The average Bonchev–Trinajstić information content (AvgIpc) is 2.14. The van der Waals surface area contributed by atoms with E-state index < -0.39 is 17.0 Å². The molecule has 0 aliphatic heterocycles. The first-order valence-corrected chi connectivity index (χ1v) is 5.79. The van der Waals surface area contributed by atoms with Gasteiger partial charge in [0.05, 0.1) is 0 Å². The molecule has 0 fully saturated rings. The topological polar surface area (TPSA) is 43.4 Å². The van der Waals surface area contributed by atoms with Gasteiger partial charge in [0.2, 0.25) is 0 Å². The van der Waals surface area contributed by atoms with Crippen LogP contribution in [0.5, 0.6) is 0 Å². The number of carbonyl (C=O) groups is 2. The summed E-state index contributed by atoms with van der Waals surface area (Å²) in [6.07, 6.45) is 2.71. The maximum Gasteiger partial charge on any atom is 0.330 e. The molecule has 3 heteroatoms. The lowest BCUT2D eigenvalue weighted by molar-refractivity contribution is -0.154. The molecule has 0 N–H and O–H groups in total. The molecule has 3 nitrogen and oxygen atoms in total. The fourth-order valence-corrected chi connectivity index (χ4v) is 1.80. The smallest absolute Gasteiger partial charge is 0.330 e. The van der Waals surface area contributed by atoms with Crippen LogP contribution in [0, 0.1) is 10.8 Å². The van der Waals surface area contributed by atoms with E-state index in [-0.39, 0.29) is 5.41 Å². The lowest BCUT2D eigenvalue weighted by atomic mass is 9.64. The molecule has 0 atom stereocenters. The van der Waals surface area contributed by atoms with Gasteiger partial charge in [-0.25, -0.2) is 4.79 Å². The minimum atomic E-state index is -0.616. The second-order valence-electron chi connectivity index (χ2n) is 6.29. The van der Waals surface area contributed by atoms with Gasteiger partial charge in [0, 0.05) is 11.5 Å². The highest BCUT2D eigenvalue weighted by Gasteiger charge is 2.42. The summed E-state index contributed by atoms with van der Waals surface area (Å²) in [4.78, 5) is 22.3. The number of hydrogen-bond donors (Lipinski definition) is 0. The van der Waals surface area contributed by atoms with Gasteiger partial charge in [-0.1, -0.05) is 34.3 Å². The summed E-state index contributed by atoms with van der Waals surface area (Å²) in [5, 5.41) is 0. The maximum atomic E-state index is 11.2. The van der Waals surface area contributed by atoms with E-state index in [1.807, 2.05) is 41.5 Å². The Morgan fingerprint density at radius 2 is 1.65 bits per heavy atom. The van der Waals surface area contributed by atoms with E-state index in [4.69, 9.17) is 4.74 Å². The Bertz CT molecular complexity index is 311. The van der Waals surface area contributed by atoms with Crippen molar-refractivity contribution in [2.24, 2.45) is 10.8 Å². The van der Waals surface area contributed by atoms with Crippen molar-refractivity contribution < 1.29 is 14.3 Å². The molecule has 0 aromatic heterocycles. The zero-order chi connectivity index (χ0) is 13.9. The van der Waals surface area contributed by atoms with Crippen molar-refractivity contribution in [2.45, 2.75) is 53.6 Å². The molecule has 17 heavy (non-hydrogen) atoms. The van der Waals surface area contributed by atoms with Crippen LogP contribution in [0.1, 0.15) is 48.0 Å².